The van der Waals surface area contributed by atoms with Gasteiger partial charge in [-0.1, -0.05) is 65.8 Å². The van der Waals surface area contributed by atoms with Crippen LogP contribution in [0.25, 0.3) is 22.2 Å². The second-order valence-electron chi connectivity index (χ2n) is 5.79. The van der Waals surface area contributed by atoms with Crippen molar-refractivity contribution in [2.75, 3.05) is 11.1 Å². The Morgan fingerprint density at radius 1 is 1.07 bits per heavy atom. The Kier molecular flexibility index (Phi) is 5.09. The molecule has 2 N–H and O–H groups in total. The third-order valence-electron chi connectivity index (χ3n) is 4.00. The molecule has 27 heavy (non-hydrogen) atoms. The number of para-hydroxylation sites is 1. The second kappa shape index (κ2) is 7.82. The Morgan fingerprint density at radius 2 is 1.85 bits per heavy atom. The largest absolute Gasteiger partial charge is 0.357 e. The van der Waals surface area contributed by atoms with Gasteiger partial charge in [0.25, 0.3) is 0 Å². The summed E-state index contributed by atoms with van der Waals surface area (Å²) in [5.41, 5.74) is 4.35. The first-order valence-electron chi connectivity index (χ1n) is 8.27. The molecule has 0 aliphatic rings. The van der Waals surface area contributed by atoms with Crippen molar-refractivity contribution < 1.29 is 4.79 Å². The molecule has 0 radical (unpaired) electrons. The Balaban J connectivity index is 1.52. The summed E-state index contributed by atoms with van der Waals surface area (Å²) in [6.07, 6.45) is 3.44. The van der Waals surface area contributed by atoms with Gasteiger partial charge in [0.05, 0.1) is 22.0 Å². The highest BCUT2D eigenvalue weighted by Crippen LogP contribution is 2.31. The molecular weight excluding hydrogens is 380 g/mol. The van der Waals surface area contributed by atoms with E-state index in [9.17, 15) is 4.79 Å². The van der Waals surface area contributed by atoms with Crippen LogP contribution in [0, 0.1) is 0 Å². The highest BCUT2D eigenvalue weighted by Gasteiger charge is 2.13. The van der Waals surface area contributed by atoms with Gasteiger partial charge in [0.15, 0.2) is 0 Å². The van der Waals surface area contributed by atoms with Gasteiger partial charge in [-0.15, -0.1) is 0 Å². The van der Waals surface area contributed by atoms with Gasteiger partial charge in [-0.05, 0) is 17.7 Å². The average Bonchev–Trinajstić information content (AvgIpc) is 3.13. The number of aromatic amines is 1. The minimum Gasteiger partial charge on any atom is -0.357 e. The molecule has 7 heteroatoms. The maximum absolute atomic E-state index is 12.3. The molecule has 2 heterocycles. The summed E-state index contributed by atoms with van der Waals surface area (Å²) in [5.74, 6) is 0.0755. The van der Waals surface area contributed by atoms with E-state index in [0.717, 1.165) is 27.2 Å². The van der Waals surface area contributed by atoms with Crippen molar-refractivity contribution in [2.24, 2.45) is 0 Å². The summed E-state index contributed by atoms with van der Waals surface area (Å²) in [7, 11) is 0. The standard InChI is InChI=1S/C20H15ClN4OS/c21-15-8-4-5-9-16(15)25-17(26)11-27-20-19-18(23-12-24-20)14(10-22-19)13-6-2-1-3-7-13/h1-10,12,22H,11H2,(H,25,26). The fourth-order valence-electron chi connectivity index (χ4n) is 2.75. The number of aromatic nitrogens is 3. The zero-order chi connectivity index (χ0) is 18.6. The van der Waals surface area contributed by atoms with Crippen LogP contribution in [0.2, 0.25) is 5.02 Å². The van der Waals surface area contributed by atoms with Gasteiger partial charge in [-0.3, -0.25) is 4.79 Å². The topological polar surface area (TPSA) is 70.7 Å². The van der Waals surface area contributed by atoms with E-state index >= 15 is 0 Å². The number of H-pyrrole nitrogens is 1. The molecule has 0 saturated heterocycles. The number of hydrogen-bond donors (Lipinski definition) is 2. The number of anilines is 1. The smallest absolute Gasteiger partial charge is 0.234 e. The molecule has 2 aromatic heterocycles. The van der Waals surface area contributed by atoms with Gasteiger partial charge < -0.3 is 10.3 Å². The number of amides is 1. The van der Waals surface area contributed by atoms with E-state index in [-0.39, 0.29) is 11.7 Å². The molecule has 0 aliphatic heterocycles. The summed E-state index contributed by atoms with van der Waals surface area (Å²) < 4.78 is 0. The minimum absolute atomic E-state index is 0.144. The SMILES string of the molecule is O=C(CSc1ncnc2c(-c3ccccc3)c[nH]c12)Nc1ccccc1Cl. The number of fused-ring (bicyclic) bond motifs is 1. The first-order chi connectivity index (χ1) is 13.2. The molecule has 5 nitrogen and oxygen atoms in total. The lowest BCUT2D eigenvalue weighted by Crippen LogP contribution is -2.14. The zero-order valence-electron chi connectivity index (χ0n) is 14.1. The molecule has 0 bridgehead atoms. The third kappa shape index (κ3) is 3.82. The Morgan fingerprint density at radius 3 is 2.67 bits per heavy atom. The maximum atomic E-state index is 12.3. The van der Waals surface area contributed by atoms with Crippen LogP contribution in [0.5, 0.6) is 0 Å². The first kappa shape index (κ1) is 17.6. The number of nitrogens with zero attached hydrogens (tertiary/aromatic N) is 2. The quantitative estimate of drug-likeness (QED) is 0.368. The van der Waals surface area contributed by atoms with Crippen LogP contribution in [0.3, 0.4) is 0 Å². The van der Waals surface area contributed by atoms with E-state index in [1.807, 2.05) is 48.7 Å². The number of benzene rings is 2. The predicted octanol–water partition coefficient (Wildman–Crippen LogP) is 5.01. The van der Waals surface area contributed by atoms with Crippen LogP contribution in [0.15, 0.2) is 72.1 Å². The van der Waals surface area contributed by atoms with Crippen molar-refractivity contribution in [1.82, 2.24) is 15.0 Å². The van der Waals surface area contributed by atoms with Crippen LogP contribution in [-0.2, 0) is 4.79 Å². The molecule has 0 spiro atoms. The normalized spacial score (nSPS) is 10.9. The first-order valence-corrected chi connectivity index (χ1v) is 9.63. The Bertz CT molecular complexity index is 1100. The molecule has 1 amide bonds. The average molecular weight is 395 g/mol. The Labute approximate surface area is 165 Å². The van der Waals surface area contributed by atoms with Crippen molar-refractivity contribution in [3.05, 3.63) is 72.1 Å². The van der Waals surface area contributed by atoms with Gasteiger partial charge in [0, 0.05) is 11.8 Å². The molecule has 2 aromatic carbocycles. The maximum Gasteiger partial charge on any atom is 0.234 e. The van der Waals surface area contributed by atoms with Crippen LogP contribution in [0.1, 0.15) is 0 Å². The minimum atomic E-state index is -0.144. The molecule has 4 rings (SSSR count). The summed E-state index contributed by atoms with van der Waals surface area (Å²) in [6, 6.07) is 17.2. The van der Waals surface area contributed by atoms with Crippen LogP contribution >= 0.6 is 23.4 Å². The fourth-order valence-corrected chi connectivity index (χ4v) is 3.69. The van der Waals surface area contributed by atoms with Crippen molar-refractivity contribution >= 4 is 46.0 Å². The monoisotopic (exact) mass is 394 g/mol. The number of hydrogen-bond acceptors (Lipinski definition) is 4. The molecule has 0 saturated carbocycles. The third-order valence-corrected chi connectivity index (χ3v) is 5.32. The summed E-state index contributed by atoms with van der Waals surface area (Å²) in [5, 5.41) is 4.06. The highest BCUT2D eigenvalue weighted by atomic mass is 35.5. The summed E-state index contributed by atoms with van der Waals surface area (Å²) >= 11 is 7.43. The van der Waals surface area contributed by atoms with Gasteiger partial charge >= 0.3 is 0 Å². The second-order valence-corrected chi connectivity index (χ2v) is 7.16. The van der Waals surface area contributed by atoms with Crippen LogP contribution in [-0.4, -0.2) is 26.6 Å². The van der Waals surface area contributed by atoms with Crippen molar-refractivity contribution in [3.63, 3.8) is 0 Å². The van der Waals surface area contributed by atoms with E-state index in [4.69, 9.17) is 11.6 Å². The Hall–Kier alpha value is -2.83. The zero-order valence-corrected chi connectivity index (χ0v) is 15.7. The lowest BCUT2D eigenvalue weighted by Gasteiger charge is -2.07. The van der Waals surface area contributed by atoms with Crippen LogP contribution in [0.4, 0.5) is 5.69 Å². The summed E-state index contributed by atoms with van der Waals surface area (Å²) in [4.78, 5) is 24.2. The van der Waals surface area contributed by atoms with Gasteiger partial charge in [-0.25, -0.2) is 9.97 Å². The van der Waals surface area contributed by atoms with E-state index in [2.05, 4.69) is 20.3 Å². The highest BCUT2D eigenvalue weighted by molar-refractivity contribution is 8.00. The molecule has 4 aromatic rings. The van der Waals surface area contributed by atoms with E-state index in [1.165, 1.54) is 18.1 Å². The number of halogens is 1. The molecule has 0 unspecified atom stereocenters. The number of nitrogens with one attached hydrogen (secondary N) is 2. The number of carbonyl (C=O) groups is 1. The number of rotatable bonds is 5. The number of thioether (sulfide) groups is 1. The lowest BCUT2D eigenvalue weighted by molar-refractivity contribution is -0.113. The lowest BCUT2D eigenvalue weighted by atomic mass is 10.1. The summed E-state index contributed by atoms with van der Waals surface area (Å²) in [6.45, 7) is 0. The van der Waals surface area contributed by atoms with Crippen LogP contribution < -0.4 is 5.32 Å². The molecular formula is C20H15ClN4OS. The fraction of sp³-hybridized carbons (Fsp3) is 0.0500. The number of carbonyl (C=O) groups excluding carboxylic acids is 1. The van der Waals surface area contributed by atoms with Crippen molar-refractivity contribution in [2.45, 2.75) is 5.03 Å². The molecule has 0 fully saturated rings. The molecule has 0 aliphatic carbocycles. The van der Waals surface area contributed by atoms with E-state index in [1.54, 1.807) is 12.1 Å². The van der Waals surface area contributed by atoms with Gasteiger partial charge in [0.1, 0.15) is 16.9 Å². The van der Waals surface area contributed by atoms with Crippen molar-refractivity contribution in [3.8, 4) is 11.1 Å². The van der Waals surface area contributed by atoms with Crippen molar-refractivity contribution in [1.29, 1.82) is 0 Å². The van der Waals surface area contributed by atoms with Gasteiger partial charge in [0.2, 0.25) is 5.91 Å². The van der Waals surface area contributed by atoms with Gasteiger partial charge in [-0.2, -0.15) is 0 Å². The molecule has 134 valence electrons. The van der Waals surface area contributed by atoms with E-state index in [0.29, 0.717) is 10.7 Å². The van der Waals surface area contributed by atoms with E-state index < -0.39 is 0 Å². The predicted molar refractivity (Wildman–Crippen MR) is 110 cm³/mol. The molecule has 0 atom stereocenters.